The lowest BCUT2D eigenvalue weighted by Gasteiger charge is -2.38. The van der Waals surface area contributed by atoms with Crippen molar-refractivity contribution in [2.45, 2.75) is 37.6 Å². The summed E-state index contributed by atoms with van der Waals surface area (Å²) in [5.74, 6) is -0.475. The summed E-state index contributed by atoms with van der Waals surface area (Å²) in [6.07, 6.45) is -1.35. The predicted molar refractivity (Wildman–Crippen MR) is 93.4 cm³/mol. The van der Waals surface area contributed by atoms with Crippen molar-refractivity contribution in [3.05, 3.63) is 46.4 Å². The van der Waals surface area contributed by atoms with Gasteiger partial charge >= 0.3 is 6.36 Å². The topological polar surface area (TPSA) is 60.5 Å². The Bertz CT molecular complexity index is 759. The normalized spacial score (nSPS) is 16.7. The monoisotopic (exact) mass is 400 g/mol. The second-order valence-corrected chi connectivity index (χ2v) is 7.22. The number of alkyl halides is 3. The fourth-order valence-electron chi connectivity index (χ4n) is 3.12. The Morgan fingerprint density at radius 2 is 2.11 bits per heavy atom. The van der Waals surface area contributed by atoms with Crippen LogP contribution in [0.4, 0.5) is 13.2 Å². The number of hydrogen-bond acceptors (Lipinski definition) is 5. The van der Waals surface area contributed by atoms with E-state index in [0.29, 0.717) is 38.0 Å². The SMILES string of the molecule is O=C(CCc1nccs1)NC1(c2cccc(OC(F)(F)F)c2)CCOCC1. The number of carbonyl (C=O) groups is 1. The van der Waals surface area contributed by atoms with Crippen LogP contribution >= 0.6 is 11.3 Å². The standard InChI is InChI=1S/C18H19F3N2O3S/c19-18(20,21)26-14-3-1-2-13(12-14)17(6-9-25-10-7-17)23-15(24)4-5-16-22-8-11-27-16/h1-3,8,11-12H,4-7,9-10H2,(H,23,24). The molecule has 0 aliphatic carbocycles. The molecule has 0 atom stereocenters. The van der Waals surface area contributed by atoms with Crippen LogP contribution in [0.25, 0.3) is 0 Å². The van der Waals surface area contributed by atoms with E-state index in [1.807, 2.05) is 5.38 Å². The van der Waals surface area contributed by atoms with E-state index in [1.54, 1.807) is 12.3 Å². The lowest BCUT2D eigenvalue weighted by atomic mass is 9.82. The van der Waals surface area contributed by atoms with Gasteiger partial charge in [0.25, 0.3) is 0 Å². The number of nitrogens with one attached hydrogen (secondary N) is 1. The van der Waals surface area contributed by atoms with E-state index >= 15 is 0 Å². The van der Waals surface area contributed by atoms with E-state index in [0.717, 1.165) is 5.01 Å². The fraction of sp³-hybridized carbons (Fsp3) is 0.444. The van der Waals surface area contributed by atoms with Crippen molar-refractivity contribution in [3.63, 3.8) is 0 Å². The van der Waals surface area contributed by atoms with Gasteiger partial charge in [0, 0.05) is 37.6 Å². The third-order valence-electron chi connectivity index (χ3n) is 4.39. The van der Waals surface area contributed by atoms with Crippen molar-refractivity contribution in [1.82, 2.24) is 10.3 Å². The van der Waals surface area contributed by atoms with Crippen molar-refractivity contribution >= 4 is 17.2 Å². The third kappa shape index (κ3) is 5.43. The Kier molecular flexibility index (Phi) is 6.01. The molecule has 1 saturated heterocycles. The minimum absolute atomic E-state index is 0.172. The van der Waals surface area contributed by atoms with Gasteiger partial charge in [0.15, 0.2) is 0 Å². The highest BCUT2D eigenvalue weighted by Crippen LogP contribution is 2.35. The second-order valence-electron chi connectivity index (χ2n) is 6.24. The quantitative estimate of drug-likeness (QED) is 0.801. The zero-order valence-corrected chi connectivity index (χ0v) is 15.2. The molecule has 1 N–H and O–H groups in total. The third-order valence-corrected chi connectivity index (χ3v) is 5.23. The summed E-state index contributed by atoms with van der Waals surface area (Å²) in [5.41, 5.74) is -0.196. The molecule has 27 heavy (non-hydrogen) atoms. The Morgan fingerprint density at radius 1 is 1.33 bits per heavy atom. The summed E-state index contributed by atoms with van der Waals surface area (Å²) in [7, 11) is 0. The molecule has 9 heteroatoms. The number of hydrogen-bond donors (Lipinski definition) is 1. The van der Waals surface area contributed by atoms with Crippen molar-refractivity contribution in [2.75, 3.05) is 13.2 Å². The van der Waals surface area contributed by atoms with Gasteiger partial charge in [-0.1, -0.05) is 12.1 Å². The number of benzene rings is 1. The number of thiazole rings is 1. The molecule has 1 fully saturated rings. The molecule has 0 bridgehead atoms. The lowest BCUT2D eigenvalue weighted by Crippen LogP contribution is -2.49. The van der Waals surface area contributed by atoms with Gasteiger partial charge in [0.1, 0.15) is 5.75 Å². The minimum Gasteiger partial charge on any atom is -0.406 e. The van der Waals surface area contributed by atoms with Gasteiger partial charge in [-0.3, -0.25) is 4.79 Å². The van der Waals surface area contributed by atoms with Gasteiger partial charge in [-0.15, -0.1) is 24.5 Å². The average Bonchev–Trinajstić information content (AvgIpc) is 3.13. The zero-order chi connectivity index (χ0) is 19.3. The molecule has 146 valence electrons. The molecule has 1 aromatic carbocycles. The Morgan fingerprint density at radius 3 is 2.78 bits per heavy atom. The molecule has 1 aliphatic rings. The van der Waals surface area contributed by atoms with E-state index in [4.69, 9.17) is 4.74 Å². The number of rotatable bonds is 6. The van der Waals surface area contributed by atoms with Gasteiger partial charge in [-0.25, -0.2) is 4.98 Å². The van der Waals surface area contributed by atoms with Crippen molar-refractivity contribution in [3.8, 4) is 5.75 Å². The summed E-state index contributed by atoms with van der Waals surface area (Å²) < 4.78 is 47.0. The molecule has 5 nitrogen and oxygen atoms in total. The number of halogens is 3. The molecule has 1 amide bonds. The highest BCUT2D eigenvalue weighted by molar-refractivity contribution is 7.09. The maximum atomic E-state index is 12.5. The summed E-state index contributed by atoms with van der Waals surface area (Å²) in [4.78, 5) is 16.7. The number of nitrogens with zero attached hydrogens (tertiary/aromatic N) is 1. The predicted octanol–water partition coefficient (Wildman–Crippen LogP) is 3.80. The highest BCUT2D eigenvalue weighted by Gasteiger charge is 2.37. The number of amides is 1. The molecule has 0 spiro atoms. The van der Waals surface area contributed by atoms with E-state index in [9.17, 15) is 18.0 Å². The van der Waals surface area contributed by atoms with E-state index in [1.165, 1.54) is 29.5 Å². The first kappa shape index (κ1) is 19.6. The van der Waals surface area contributed by atoms with Gasteiger partial charge < -0.3 is 14.8 Å². The van der Waals surface area contributed by atoms with Crippen LogP contribution in [-0.4, -0.2) is 30.5 Å². The first-order valence-corrected chi connectivity index (χ1v) is 9.38. The summed E-state index contributed by atoms with van der Waals surface area (Å²) in [5, 5.41) is 5.74. The van der Waals surface area contributed by atoms with Crippen LogP contribution in [0.2, 0.25) is 0 Å². The maximum Gasteiger partial charge on any atom is 0.573 e. The highest BCUT2D eigenvalue weighted by atomic mass is 32.1. The van der Waals surface area contributed by atoms with Crippen LogP contribution in [0.1, 0.15) is 29.8 Å². The van der Waals surface area contributed by atoms with Crippen LogP contribution in [0.3, 0.4) is 0 Å². The number of aromatic nitrogens is 1. The molecular formula is C18H19F3N2O3S. The largest absolute Gasteiger partial charge is 0.573 e. The van der Waals surface area contributed by atoms with Crippen molar-refractivity contribution < 1.29 is 27.4 Å². The molecular weight excluding hydrogens is 381 g/mol. The zero-order valence-electron chi connectivity index (χ0n) is 14.4. The lowest BCUT2D eigenvalue weighted by molar-refractivity contribution is -0.274. The summed E-state index contributed by atoms with van der Waals surface area (Å²) in [6.45, 7) is 0.828. The molecule has 2 aromatic rings. The van der Waals surface area contributed by atoms with Crippen LogP contribution < -0.4 is 10.1 Å². The first-order valence-electron chi connectivity index (χ1n) is 8.50. The van der Waals surface area contributed by atoms with E-state index in [-0.39, 0.29) is 18.1 Å². The smallest absolute Gasteiger partial charge is 0.406 e. The Hall–Kier alpha value is -2.13. The Labute approximate surface area is 158 Å². The van der Waals surface area contributed by atoms with Gasteiger partial charge in [0.2, 0.25) is 5.91 Å². The van der Waals surface area contributed by atoms with Crippen LogP contribution in [0.15, 0.2) is 35.8 Å². The van der Waals surface area contributed by atoms with E-state index < -0.39 is 11.9 Å². The van der Waals surface area contributed by atoms with Crippen LogP contribution in [0.5, 0.6) is 5.75 Å². The van der Waals surface area contributed by atoms with Crippen LogP contribution in [0, 0.1) is 0 Å². The molecule has 0 saturated carbocycles. The van der Waals surface area contributed by atoms with E-state index in [2.05, 4.69) is 15.0 Å². The average molecular weight is 400 g/mol. The first-order chi connectivity index (χ1) is 12.9. The minimum atomic E-state index is -4.77. The van der Waals surface area contributed by atoms with Gasteiger partial charge in [-0.05, 0) is 30.5 Å². The number of carbonyl (C=O) groups excluding carboxylic acids is 1. The number of aryl methyl sites for hydroxylation is 1. The van der Waals surface area contributed by atoms with Crippen LogP contribution in [-0.2, 0) is 21.5 Å². The van der Waals surface area contributed by atoms with Gasteiger partial charge in [-0.2, -0.15) is 0 Å². The Balaban J connectivity index is 1.76. The molecule has 3 rings (SSSR count). The maximum absolute atomic E-state index is 12.5. The molecule has 1 aromatic heterocycles. The molecule has 0 unspecified atom stereocenters. The van der Waals surface area contributed by atoms with Crippen molar-refractivity contribution in [1.29, 1.82) is 0 Å². The van der Waals surface area contributed by atoms with Crippen molar-refractivity contribution in [2.24, 2.45) is 0 Å². The summed E-state index contributed by atoms with van der Waals surface area (Å²) in [6, 6.07) is 5.78. The fourth-order valence-corrected chi connectivity index (χ4v) is 3.74. The molecule has 1 aliphatic heterocycles. The van der Waals surface area contributed by atoms with Gasteiger partial charge in [0.05, 0.1) is 10.5 Å². The molecule has 2 heterocycles. The number of ether oxygens (including phenoxy) is 2. The summed E-state index contributed by atoms with van der Waals surface area (Å²) >= 11 is 1.48. The second kappa shape index (κ2) is 8.26. The molecule has 0 radical (unpaired) electrons.